The largest absolute Gasteiger partial charge is 0.484 e. The number of fused-ring (bicyclic) bond motifs is 2. The Morgan fingerprint density at radius 1 is 0.557 bits per heavy atom. The van der Waals surface area contributed by atoms with Crippen molar-refractivity contribution < 1.29 is 54.8 Å². The highest BCUT2D eigenvalue weighted by Gasteiger charge is 2.42. The number of rotatable bonds is 35. The molecule has 19 nitrogen and oxygen atoms in total. The minimum absolute atomic E-state index is 0.0612. The molecule has 2 aliphatic heterocycles. The third kappa shape index (κ3) is 20.0. The van der Waals surface area contributed by atoms with E-state index in [0.717, 1.165) is 112 Å². The third-order valence-electron chi connectivity index (χ3n) is 17.1. The molecule has 486 valence electrons. The van der Waals surface area contributed by atoms with Crippen LogP contribution in [0.2, 0.25) is 10.0 Å². The van der Waals surface area contributed by atoms with Crippen molar-refractivity contribution in [2.75, 3.05) is 104 Å². The summed E-state index contributed by atoms with van der Waals surface area (Å²) in [7, 11) is -7.37. The first-order valence-corrected chi connectivity index (χ1v) is 35.3. The lowest BCUT2D eigenvalue weighted by Gasteiger charge is -2.38. The van der Waals surface area contributed by atoms with Crippen molar-refractivity contribution in [2.24, 2.45) is 11.5 Å². The molecule has 7 N–H and O–H groups in total. The monoisotopic (exact) mass is 1300 g/mol. The second kappa shape index (κ2) is 33.7. The van der Waals surface area contributed by atoms with Gasteiger partial charge in [0.1, 0.15) is 29.5 Å². The zero-order valence-electron chi connectivity index (χ0n) is 51.8. The highest BCUT2D eigenvalue weighted by Crippen LogP contribution is 2.44. The molecule has 23 heteroatoms. The Morgan fingerprint density at radius 3 is 1.59 bits per heavy atom. The number of piperidine rings is 2. The van der Waals surface area contributed by atoms with Crippen LogP contribution in [0.4, 0.5) is 4.79 Å². The average molecular weight is 1300 g/mol. The van der Waals surface area contributed by atoms with Crippen molar-refractivity contribution in [1.82, 2.24) is 25.2 Å². The molecule has 0 aromatic heterocycles. The van der Waals surface area contributed by atoms with Crippen LogP contribution in [0.25, 0.3) is 0 Å². The number of amides is 2. The summed E-state index contributed by atoms with van der Waals surface area (Å²) in [6.45, 7) is 14.6. The number of aryl methyl sites for hydroxylation is 4. The molecular formula is C65H93Cl2N7O12S2. The van der Waals surface area contributed by atoms with E-state index in [0.29, 0.717) is 98.9 Å². The van der Waals surface area contributed by atoms with E-state index in [9.17, 15) is 26.4 Å². The molecule has 2 heterocycles. The first-order chi connectivity index (χ1) is 42.3. The maximum Gasteiger partial charge on any atom is 0.314 e. The quantitative estimate of drug-likeness (QED) is 0.0270. The van der Waals surface area contributed by atoms with Gasteiger partial charge in [-0.15, -0.1) is 0 Å². The van der Waals surface area contributed by atoms with Crippen molar-refractivity contribution >= 4 is 54.9 Å². The number of benzene rings is 4. The van der Waals surface area contributed by atoms with Gasteiger partial charge in [0.2, 0.25) is 10.0 Å². The number of hydrogen-bond acceptors (Lipinski definition) is 16. The topological polar surface area (TPSA) is 252 Å². The number of unbranched alkanes of at least 4 members (excludes halogenated alkanes) is 2. The molecule has 88 heavy (non-hydrogen) atoms. The second-order valence-electron chi connectivity index (χ2n) is 24.0. The van der Waals surface area contributed by atoms with Crippen LogP contribution in [0.15, 0.2) is 70.5 Å². The van der Waals surface area contributed by atoms with E-state index in [1.807, 2.05) is 38.1 Å². The molecule has 2 aliphatic carbocycles. The van der Waals surface area contributed by atoms with Gasteiger partial charge in [0.25, 0.3) is 0 Å². The van der Waals surface area contributed by atoms with Gasteiger partial charge in [-0.2, -0.15) is 0 Å². The Morgan fingerprint density at radius 2 is 1.05 bits per heavy atom. The van der Waals surface area contributed by atoms with E-state index in [-0.39, 0.29) is 90.1 Å². The van der Waals surface area contributed by atoms with Crippen LogP contribution in [0.3, 0.4) is 0 Å². The zero-order chi connectivity index (χ0) is 62.8. The van der Waals surface area contributed by atoms with Crippen LogP contribution in [-0.4, -0.2) is 167 Å². The summed E-state index contributed by atoms with van der Waals surface area (Å²) in [4.78, 5) is 29.9. The number of nitrogens with zero attached hydrogens (tertiary/aromatic N) is 2. The summed E-state index contributed by atoms with van der Waals surface area (Å²) in [5, 5.41) is 6.92. The number of Topliss-reactive ketones (excluding diaryl/α,β-unsaturated/α-hetero) is 1. The SMILES string of the molecule is Cc1cc(S(=O)(=O)CCCOCCOCCNC(=O)NCCCCCC(=O)CCCOCCOCCNS(=O)(=O)c2ccc(O[C@H]3c4cc(Cl)cc(C)c4C[C@@H]3N3CCC[C@@H](N)C3)c(C)c2)ccc1O[C@H]1c2cc(Cl)cc(C)c2C[C@@H]1N1CCC[C@@H](N)C1. The normalized spacial score (nSPS) is 20.6. The molecule has 2 amide bonds. The van der Waals surface area contributed by atoms with E-state index in [2.05, 4.69) is 39.0 Å². The summed E-state index contributed by atoms with van der Waals surface area (Å²) in [5.41, 5.74) is 21.1. The number of sulfonamides is 1. The highest BCUT2D eigenvalue weighted by molar-refractivity contribution is 7.91. The summed E-state index contributed by atoms with van der Waals surface area (Å²) in [5.74, 6) is 1.36. The summed E-state index contributed by atoms with van der Waals surface area (Å²) >= 11 is 13.1. The predicted molar refractivity (Wildman–Crippen MR) is 343 cm³/mol. The van der Waals surface area contributed by atoms with E-state index < -0.39 is 19.9 Å². The molecule has 6 atom stereocenters. The molecule has 0 bridgehead atoms. The second-order valence-corrected chi connectivity index (χ2v) is 28.8. The summed E-state index contributed by atoms with van der Waals surface area (Å²) in [6.07, 6.45) is 9.33. The summed E-state index contributed by atoms with van der Waals surface area (Å²) in [6, 6.07) is 18.1. The van der Waals surface area contributed by atoms with Gasteiger partial charge in [-0.25, -0.2) is 26.4 Å². The Balaban J connectivity index is 0.591. The van der Waals surface area contributed by atoms with Gasteiger partial charge < -0.3 is 50.5 Å². The number of likely N-dealkylation sites (tertiary alicyclic amines) is 2. The standard InChI is InChI=1S/C65H93Cl2N7O12S2/c1-44-34-48(66)38-57-55(44)40-59(73-23-8-12-50(68)42-73)63(57)85-61-18-16-53(36-46(61)3)87(77,78)33-11-26-82-30-31-83-27-21-71-65(76)70-20-7-5-6-14-52(75)15-10-25-81-29-32-84-28-22-72-88(79,80)54-17-19-62(47(4)37-54)86-64-58-39-49(67)35-45(2)56(58)41-60(64)74-24-9-13-51(69)43-74/h16-19,34-39,50-51,59-60,63-64,72H,5-15,20-33,40-43,68-69H2,1-4H3,(H2,70,71,76)/t50-,51-,59+,60+,63+,64+/m1/s1. The van der Waals surface area contributed by atoms with E-state index in [4.69, 9.17) is 63.1 Å². The van der Waals surface area contributed by atoms with Crippen LogP contribution < -0.4 is 36.3 Å². The number of nitrogens with two attached hydrogens (primary N) is 2. The molecule has 4 aromatic carbocycles. The van der Waals surface area contributed by atoms with E-state index in [1.165, 1.54) is 11.1 Å². The first-order valence-electron chi connectivity index (χ1n) is 31.4. The number of carbonyl (C=O) groups excluding carboxylic acids is 2. The lowest BCUT2D eigenvalue weighted by molar-refractivity contribution is -0.119. The molecular weight excluding hydrogens is 1210 g/mol. The number of halogens is 2. The van der Waals surface area contributed by atoms with E-state index in [1.54, 1.807) is 36.4 Å². The maximum absolute atomic E-state index is 13.3. The van der Waals surface area contributed by atoms with Crippen molar-refractivity contribution in [2.45, 2.75) is 157 Å². The number of urea groups is 1. The molecule has 2 fully saturated rings. The molecule has 4 aliphatic rings. The molecule has 8 rings (SSSR count). The number of ether oxygens (including phenoxy) is 6. The van der Waals surface area contributed by atoms with Crippen LogP contribution in [0, 0.1) is 27.7 Å². The Kier molecular flexibility index (Phi) is 26.6. The van der Waals surface area contributed by atoms with Gasteiger partial charge >= 0.3 is 6.03 Å². The number of hydrogen-bond donors (Lipinski definition) is 5. The first kappa shape index (κ1) is 69.4. The molecule has 0 saturated carbocycles. The number of ketones is 1. The van der Waals surface area contributed by atoms with Crippen molar-refractivity contribution in [1.29, 1.82) is 0 Å². The van der Waals surface area contributed by atoms with Gasteiger partial charge in [-0.3, -0.25) is 14.6 Å². The number of sulfone groups is 1. The Bertz CT molecular complexity index is 2990. The molecule has 0 spiro atoms. The summed E-state index contributed by atoms with van der Waals surface area (Å²) < 4.78 is 91.7. The smallest absolute Gasteiger partial charge is 0.314 e. The number of nitrogens with one attached hydrogen (secondary N) is 3. The van der Waals surface area contributed by atoms with Crippen LogP contribution in [-0.2, 0) is 56.4 Å². The van der Waals surface area contributed by atoms with E-state index >= 15 is 0 Å². The fourth-order valence-corrected chi connectivity index (χ4v) is 15.6. The molecule has 2 saturated heterocycles. The van der Waals surface area contributed by atoms with Gasteiger partial charge in [0.15, 0.2) is 9.84 Å². The van der Waals surface area contributed by atoms with Gasteiger partial charge in [0.05, 0.1) is 67.3 Å². The lowest BCUT2D eigenvalue weighted by atomic mass is 10.0. The average Bonchev–Trinajstić information content (AvgIpc) is 2.55. The third-order valence-corrected chi connectivity index (χ3v) is 20.8. The fraction of sp³-hybridized carbons (Fsp3) is 0.600. The highest BCUT2D eigenvalue weighted by atomic mass is 35.5. The van der Waals surface area contributed by atoms with Gasteiger partial charge in [0, 0.05) is 80.9 Å². The van der Waals surface area contributed by atoms with Crippen molar-refractivity contribution in [3.8, 4) is 11.5 Å². The van der Waals surface area contributed by atoms with Crippen molar-refractivity contribution in [3.63, 3.8) is 0 Å². The van der Waals surface area contributed by atoms with Crippen LogP contribution >= 0.6 is 23.2 Å². The predicted octanol–water partition coefficient (Wildman–Crippen LogP) is 8.58. The molecule has 0 unspecified atom stereocenters. The maximum atomic E-state index is 13.3. The van der Waals surface area contributed by atoms with Crippen molar-refractivity contribution in [3.05, 3.63) is 115 Å². The molecule has 4 aromatic rings. The Hall–Kier alpha value is -4.46. The molecule has 0 radical (unpaired) electrons. The zero-order valence-corrected chi connectivity index (χ0v) is 54.9. The van der Waals surface area contributed by atoms with Gasteiger partial charge in [-0.1, -0.05) is 29.6 Å². The van der Waals surface area contributed by atoms with Crippen LogP contribution in [0.1, 0.15) is 127 Å². The number of carbonyl (C=O) groups is 2. The Labute approximate surface area is 531 Å². The lowest BCUT2D eigenvalue weighted by Crippen LogP contribution is -2.49. The van der Waals surface area contributed by atoms with Crippen LogP contribution in [0.5, 0.6) is 11.5 Å². The fourth-order valence-electron chi connectivity index (χ4n) is 12.5. The van der Waals surface area contributed by atoms with Gasteiger partial charge in [-0.05, 0) is 210 Å². The minimum Gasteiger partial charge on any atom is -0.484 e. The minimum atomic E-state index is -3.80.